The summed E-state index contributed by atoms with van der Waals surface area (Å²) < 4.78 is 45.1. The smallest absolute Gasteiger partial charge is 0.246 e. The molecule has 1 aromatic rings. The van der Waals surface area contributed by atoms with Gasteiger partial charge in [0.25, 0.3) is 0 Å². The summed E-state index contributed by atoms with van der Waals surface area (Å²) in [5.74, 6) is -4.61. The van der Waals surface area contributed by atoms with Gasteiger partial charge in [-0.05, 0) is 26.0 Å². The maximum absolute atomic E-state index is 13.6. The van der Waals surface area contributed by atoms with Gasteiger partial charge in [-0.1, -0.05) is 0 Å². The van der Waals surface area contributed by atoms with Gasteiger partial charge < -0.3 is 20.7 Å². The molecule has 0 saturated carbocycles. The van der Waals surface area contributed by atoms with E-state index in [1.54, 1.807) is 0 Å². The van der Waals surface area contributed by atoms with Crippen molar-refractivity contribution >= 4 is 41.5 Å². The topological polar surface area (TPSA) is 78.0 Å². The second-order valence-electron chi connectivity index (χ2n) is 6.34. The molecular formula is C18H27F3IN5O2. The van der Waals surface area contributed by atoms with Gasteiger partial charge in [-0.15, -0.1) is 24.0 Å². The highest BCUT2D eigenvalue weighted by Gasteiger charge is 2.17. The van der Waals surface area contributed by atoms with E-state index in [9.17, 15) is 18.0 Å². The van der Waals surface area contributed by atoms with Crippen molar-refractivity contribution in [3.05, 3.63) is 29.6 Å². The summed E-state index contributed by atoms with van der Waals surface area (Å²) in [4.78, 5) is 18.4. The molecule has 0 aromatic heterocycles. The van der Waals surface area contributed by atoms with Crippen LogP contribution in [-0.2, 0) is 9.53 Å². The van der Waals surface area contributed by atoms with Crippen molar-refractivity contribution in [3.63, 3.8) is 0 Å². The lowest BCUT2D eigenvalue weighted by atomic mass is 10.2. The Morgan fingerprint density at radius 3 is 2.55 bits per heavy atom. The Morgan fingerprint density at radius 2 is 1.90 bits per heavy atom. The zero-order valence-corrected chi connectivity index (χ0v) is 18.8. The predicted octanol–water partition coefficient (Wildman–Crippen LogP) is 1.94. The summed E-state index contributed by atoms with van der Waals surface area (Å²) in [5.41, 5.74) is -0.432. The highest BCUT2D eigenvalue weighted by molar-refractivity contribution is 14.0. The van der Waals surface area contributed by atoms with Gasteiger partial charge in [0.05, 0.1) is 18.9 Å². The molecule has 1 unspecified atom stereocenters. The van der Waals surface area contributed by atoms with Gasteiger partial charge >= 0.3 is 0 Å². The number of carbonyl (C=O) groups is 1. The number of halogens is 4. The van der Waals surface area contributed by atoms with Gasteiger partial charge in [-0.3, -0.25) is 9.69 Å². The number of morpholine rings is 1. The number of ether oxygens (including phenoxy) is 1. The minimum absolute atomic E-state index is 0. The van der Waals surface area contributed by atoms with Crippen LogP contribution in [0.15, 0.2) is 17.1 Å². The predicted molar refractivity (Wildman–Crippen MR) is 116 cm³/mol. The quantitative estimate of drug-likeness (QED) is 0.218. The summed E-state index contributed by atoms with van der Waals surface area (Å²) in [7, 11) is 0. The van der Waals surface area contributed by atoms with Crippen LogP contribution in [0.5, 0.6) is 0 Å². The number of amides is 1. The van der Waals surface area contributed by atoms with E-state index in [1.165, 1.54) is 0 Å². The number of anilines is 1. The monoisotopic (exact) mass is 529 g/mol. The first-order valence-corrected chi connectivity index (χ1v) is 9.19. The van der Waals surface area contributed by atoms with Crippen molar-refractivity contribution in [2.45, 2.75) is 19.9 Å². The molecule has 29 heavy (non-hydrogen) atoms. The van der Waals surface area contributed by atoms with Crippen molar-refractivity contribution in [1.29, 1.82) is 0 Å². The van der Waals surface area contributed by atoms with Gasteiger partial charge in [0.2, 0.25) is 5.91 Å². The van der Waals surface area contributed by atoms with E-state index in [4.69, 9.17) is 4.74 Å². The third kappa shape index (κ3) is 7.97. The molecule has 1 aliphatic heterocycles. The minimum Gasteiger partial charge on any atom is -0.379 e. The molecule has 1 amide bonds. The fourth-order valence-corrected chi connectivity index (χ4v) is 2.70. The van der Waals surface area contributed by atoms with E-state index in [2.05, 4.69) is 32.8 Å². The van der Waals surface area contributed by atoms with Crippen LogP contribution in [0.1, 0.15) is 13.8 Å². The zero-order chi connectivity index (χ0) is 20.5. The summed E-state index contributed by atoms with van der Waals surface area (Å²) in [5, 5.41) is 8.36. The third-order valence-electron chi connectivity index (χ3n) is 4.27. The first kappa shape index (κ1) is 25.4. The van der Waals surface area contributed by atoms with Crippen LogP contribution in [0.25, 0.3) is 0 Å². The van der Waals surface area contributed by atoms with Crippen LogP contribution < -0.4 is 16.0 Å². The van der Waals surface area contributed by atoms with Crippen molar-refractivity contribution < 1.29 is 22.7 Å². The molecule has 0 aliphatic carbocycles. The number of carbonyl (C=O) groups excluding carboxylic acids is 1. The van der Waals surface area contributed by atoms with Crippen LogP contribution in [0.3, 0.4) is 0 Å². The fourth-order valence-electron chi connectivity index (χ4n) is 2.70. The largest absolute Gasteiger partial charge is 0.379 e. The van der Waals surface area contributed by atoms with Crippen molar-refractivity contribution in [2.24, 2.45) is 4.99 Å². The van der Waals surface area contributed by atoms with Crippen molar-refractivity contribution in [1.82, 2.24) is 15.5 Å². The molecule has 1 atom stereocenters. The van der Waals surface area contributed by atoms with E-state index >= 15 is 0 Å². The van der Waals surface area contributed by atoms with E-state index in [1.807, 2.05) is 6.92 Å². The maximum Gasteiger partial charge on any atom is 0.246 e. The summed E-state index contributed by atoms with van der Waals surface area (Å²) in [6.45, 7) is 8.01. The zero-order valence-electron chi connectivity index (χ0n) is 16.4. The molecule has 1 fully saturated rings. The number of benzene rings is 1. The van der Waals surface area contributed by atoms with Crippen LogP contribution in [0.4, 0.5) is 18.9 Å². The normalized spacial score (nSPS) is 16.0. The van der Waals surface area contributed by atoms with Crippen LogP contribution in [-0.4, -0.2) is 68.7 Å². The van der Waals surface area contributed by atoms with Crippen LogP contribution in [0, 0.1) is 17.5 Å². The number of hydrogen-bond donors (Lipinski definition) is 3. The first-order valence-electron chi connectivity index (χ1n) is 9.19. The molecule has 1 aliphatic rings. The maximum atomic E-state index is 13.6. The molecule has 11 heteroatoms. The van der Waals surface area contributed by atoms with E-state index < -0.39 is 29.0 Å². The number of nitrogens with zero attached hydrogens (tertiary/aromatic N) is 2. The van der Waals surface area contributed by atoms with E-state index in [0.717, 1.165) is 25.2 Å². The Balaban J connectivity index is 0.00000420. The molecule has 3 N–H and O–H groups in total. The van der Waals surface area contributed by atoms with Gasteiger partial charge in [-0.2, -0.15) is 0 Å². The summed E-state index contributed by atoms with van der Waals surface area (Å²) >= 11 is 0. The average molecular weight is 529 g/mol. The van der Waals surface area contributed by atoms with Gasteiger partial charge in [-0.25, -0.2) is 18.2 Å². The number of aliphatic imine (C=N–C) groups is 1. The lowest BCUT2D eigenvalue weighted by Crippen LogP contribution is -2.49. The molecule has 1 aromatic carbocycles. The third-order valence-corrected chi connectivity index (χ3v) is 4.27. The molecular weight excluding hydrogens is 502 g/mol. The van der Waals surface area contributed by atoms with E-state index in [-0.39, 0.29) is 36.6 Å². The van der Waals surface area contributed by atoms with Crippen LogP contribution in [0.2, 0.25) is 0 Å². The number of guanidine groups is 1. The van der Waals surface area contributed by atoms with E-state index in [0.29, 0.717) is 32.3 Å². The van der Waals surface area contributed by atoms with Crippen molar-refractivity contribution in [2.75, 3.05) is 51.3 Å². The summed E-state index contributed by atoms with van der Waals surface area (Å²) in [6.07, 6.45) is 0. The van der Waals surface area contributed by atoms with Gasteiger partial charge in [0, 0.05) is 32.2 Å². The summed E-state index contributed by atoms with van der Waals surface area (Å²) in [6, 6.07) is 1.96. The number of nitrogens with one attached hydrogen (secondary N) is 3. The lowest BCUT2D eigenvalue weighted by molar-refractivity contribution is -0.114. The van der Waals surface area contributed by atoms with Gasteiger partial charge in [0.1, 0.15) is 6.54 Å². The first-order chi connectivity index (χ1) is 13.4. The molecule has 0 spiro atoms. The molecule has 164 valence electrons. The van der Waals surface area contributed by atoms with Crippen LogP contribution >= 0.6 is 24.0 Å². The molecule has 0 radical (unpaired) electrons. The molecule has 1 saturated heterocycles. The molecule has 7 nitrogen and oxygen atoms in total. The molecule has 1 heterocycles. The Labute approximate surface area is 185 Å². The number of hydrogen-bond acceptors (Lipinski definition) is 4. The lowest BCUT2D eigenvalue weighted by Gasteiger charge is -2.32. The Bertz CT molecular complexity index is 702. The molecule has 0 bridgehead atoms. The number of rotatable bonds is 7. The van der Waals surface area contributed by atoms with Gasteiger partial charge in [0.15, 0.2) is 23.4 Å². The second-order valence-corrected chi connectivity index (χ2v) is 6.34. The average Bonchev–Trinajstić information content (AvgIpc) is 2.71. The highest BCUT2D eigenvalue weighted by Crippen LogP contribution is 2.19. The highest BCUT2D eigenvalue weighted by atomic mass is 127. The fraction of sp³-hybridized carbons (Fsp3) is 0.556. The Hall–Kier alpha value is -1.60. The SMILES string of the molecule is CCNC(=NCC(=O)Nc1ccc(F)c(F)c1F)NCC(C)N1CCOCC1.I. The standard InChI is InChI=1S/C18H26F3N5O2.HI/c1-3-22-18(23-10-12(2)26-6-8-28-9-7-26)24-11-15(27)25-14-5-4-13(19)16(20)17(14)21;/h4-5,12H,3,6-11H2,1-2H3,(H,25,27)(H2,22,23,24);1H. The molecule has 2 rings (SSSR count). The van der Waals surface area contributed by atoms with Crippen molar-refractivity contribution in [3.8, 4) is 0 Å². The minimum atomic E-state index is -1.63. The Morgan fingerprint density at radius 1 is 1.21 bits per heavy atom. The second kappa shape index (κ2) is 12.9. The Kier molecular flexibility index (Phi) is 11.3.